The minimum Gasteiger partial charge on any atom is -0.493 e. The first-order valence-corrected chi connectivity index (χ1v) is 11.4. The fourth-order valence-corrected chi connectivity index (χ4v) is 3.41. The van der Waals surface area contributed by atoms with Gasteiger partial charge in [-0.05, 0) is 42.8 Å². The summed E-state index contributed by atoms with van der Waals surface area (Å²) < 4.78 is 16.3. The Bertz CT molecular complexity index is 839. The molecule has 8 nitrogen and oxygen atoms in total. The topological polar surface area (TPSA) is 89.1 Å². The SMILES string of the molecule is O=C(COCC(=O)Nc1ccc(OCCc2ccccc2)cc1)NCCCN1CCOCC1. The first-order valence-electron chi connectivity index (χ1n) is 11.4. The van der Waals surface area contributed by atoms with Gasteiger partial charge in [-0.25, -0.2) is 0 Å². The van der Waals surface area contributed by atoms with Crippen LogP contribution in [0, 0.1) is 0 Å². The first kappa shape index (κ1) is 24.7. The number of nitrogens with zero attached hydrogens (tertiary/aromatic N) is 1. The minimum atomic E-state index is -0.312. The zero-order valence-corrected chi connectivity index (χ0v) is 19.0. The molecule has 1 aliphatic rings. The molecule has 2 aromatic carbocycles. The predicted octanol–water partition coefficient (Wildman–Crippen LogP) is 2.10. The lowest BCUT2D eigenvalue weighted by Gasteiger charge is -2.26. The zero-order chi connectivity index (χ0) is 23.1. The number of anilines is 1. The van der Waals surface area contributed by atoms with Gasteiger partial charge in [0.15, 0.2) is 0 Å². The van der Waals surface area contributed by atoms with E-state index in [0.29, 0.717) is 18.8 Å². The number of nitrogens with one attached hydrogen (secondary N) is 2. The van der Waals surface area contributed by atoms with Gasteiger partial charge in [0.2, 0.25) is 11.8 Å². The van der Waals surface area contributed by atoms with Gasteiger partial charge in [-0.3, -0.25) is 14.5 Å². The Morgan fingerprint density at radius 1 is 0.939 bits per heavy atom. The van der Waals surface area contributed by atoms with Crippen molar-refractivity contribution in [3.63, 3.8) is 0 Å². The maximum Gasteiger partial charge on any atom is 0.250 e. The van der Waals surface area contributed by atoms with Crippen molar-refractivity contribution in [1.82, 2.24) is 10.2 Å². The van der Waals surface area contributed by atoms with Crippen LogP contribution >= 0.6 is 0 Å². The number of benzene rings is 2. The van der Waals surface area contributed by atoms with E-state index in [1.54, 1.807) is 12.1 Å². The average Bonchev–Trinajstić information content (AvgIpc) is 2.84. The van der Waals surface area contributed by atoms with Crippen LogP contribution < -0.4 is 15.4 Å². The van der Waals surface area contributed by atoms with Crippen LogP contribution in [0.1, 0.15) is 12.0 Å². The summed E-state index contributed by atoms with van der Waals surface area (Å²) in [5.74, 6) is 0.208. The highest BCUT2D eigenvalue weighted by Gasteiger charge is 2.10. The van der Waals surface area contributed by atoms with Crippen molar-refractivity contribution < 1.29 is 23.8 Å². The van der Waals surface area contributed by atoms with E-state index in [4.69, 9.17) is 14.2 Å². The van der Waals surface area contributed by atoms with Crippen molar-refractivity contribution in [3.8, 4) is 5.75 Å². The first-order chi connectivity index (χ1) is 16.2. The van der Waals surface area contributed by atoms with Gasteiger partial charge >= 0.3 is 0 Å². The Morgan fingerprint density at radius 3 is 2.42 bits per heavy atom. The van der Waals surface area contributed by atoms with Gasteiger partial charge in [-0.15, -0.1) is 0 Å². The van der Waals surface area contributed by atoms with Crippen molar-refractivity contribution in [1.29, 1.82) is 0 Å². The quantitative estimate of drug-likeness (QED) is 0.450. The molecule has 0 unspecified atom stereocenters. The molecule has 0 aromatic heterocycles. The normalized spacial score (nSPS) is 13.9. The fraction of sp³-hybridized carbons (Fsp3) is 0.440. The highest BCUT2D eigenvalue weighted by Crippen LogP contribution is 2.16. The molecular weight excluding hydrogens is 422 g/mol. The van der Waals surface area contributed by atoms with Gasteiger partial charge in [0.1, 0.15) is 19.0 Å². The average molecular weight is 456 g/mol. The summed E-state index contributed by atoms with van der Waals surface area (Å²) in [6.07, 6.45) is 1.70. The van der Waals surface area contributed by atoms with Crippen LogP contribution in [-0.4, -0.2) is 75.9 Å². The molecule has 2 amide bonds. The van der Waals surface area contributed by atoms with Crippen LogP contribution in [0.25, 0.3) is 0 Å². The second-order valence-electron chi connectivity index (χ2n) is 7.81. The smallest absolute Gasteiger partial charge is 0.250 e. The highest BCUT2D eigenvalue weighted by molar-refractivity contribution is 5.91. The maximum absolute atomic E-state index is 12.0. The predicted molar refractivity (Wildman–Crippen MR) is 126 cm³/mol. The lowest BCUT2D eigenvalue weighted by atomic mass is 10.2. The number of morpholine rings is 1. The van der Waals surface area contributed by atoms with Gasteiger partial charge < -0.3 is 24.8 Å². The van der Waals surface area contributed by atoms with Crippen molar-refractivity contribution >= 4 is 17.5 Å². The van der Waals surface area contributed by atoms with Crippen LogP contribution in [0.15, 0.2) is 54.6 Å². The molecule has 0 saturated carbocycles. The van der Waals surface area contributed by atoms with Crippen molar-refractivity contribution in [2.75, 3.05) is 64.5 Å². The van der Waals surface area contributed by atoms with Gasteiger partial charge in [-0.1, -0.05) is 30.3 Å². The summed E-state index contributed by atoms with van der Waals surface area (Å²) in [5.41, 5.74) is 1.87. The lowest BCUT2D eigenvalue weighted by Crippen LogP contribution is -2.38. The second kappa shape index (κ2) is 14.3. The molecule has 0 spiro atoms. The molecule has 0 aliphatic carbocycles. The second-order valence-corrected chi connectivity index (χ2v) is 7.81. The highest BCUT2D eigenvalue weighted by atomic mass is 16.5. The summed E-state index contributed by atoms with van der Waals surface area (Å²) >= 11 is 0. The number of carbonyl (C=O) groups excluding carboxylic acids is 2. The third-order valence-electron chi connectivity index (χ3n) is 5.18. The van der Waals surface area contributed by atoms with Crippen LogP contribution in [0.5, 0.6) is 5.75 Å². The molecule has 0 atom stereocenters. The number of amides is 2. The number of hydrogen-bond acceptors (Lipinski definition) is 6. The largest absolute Gasteiger partial charge is 0.493 e. The zero-order valence-electron chi connectivity index (χ0n) is 19.0. The van der Waals surface area contributed by atoms with Crippen molar-refractivity contribution in [2.24, 2.45) is 0 Å². The standard InChI is InChI=1S/C25H33N3O5/c29-24(26-12-4-13-28-14-17-31-18-15-28)19-32-20-25(30)27-22-7-9-23(10-8-22)33-16-11-21-5-2-1-3-6-21/h1-3,5-10H,4,11-20H2,(H,26,29)(H,27,30). The van der Waals surface area contributed by atoms with E-state index < -0.39 is 0 Å². The van der Waals surface area contributed by atoms with Gasteiger partial charge in [0.05, 0.1) is 19.8 Å². The van der Waals surface area contributed by atoms with E-state index in [2.05, 4.69) is 27.7 Å². The summed E-state index contributed by atoms with van der Waals surface area (Å²) in [6, 6.07) is 17.3. The molecule has 1 heterocycles. The summed E-state index contributed by atoms with van der Waals surface area (Å²) in [6.45, 7) is 5.21. The maximum atomic E-state index is 12.0. The van der Waals surface area contributed by atoms with E-state index in [9.17, 15) is 9.59 Å². The van der Waals surface area contributed by atoms with Crippen LogP contribution in [0.2, 0.25) is 0 Å². The Labute approximate surface area is 195 Å². The molecule has 1 fully saturated rings. The number of ether oxygens (including phenoxy) is 3. The van der Waals surface area contributed by atoms with Crippen LogP contribution in [0.4, 0.5) is 5.69 Å². The Kier molecular flexibility index (Phi) is 10.7. The molecule has 3 rings (SSSR count). The summed E-state index contributed by atoms with van der Waals surface area (Å²) in [4.78, 5) is 26.2. The van der Waals surface area contributed by atoms with Gasteiger partial charge in [0, 0.05) is 31.7 Å². The van der Waals surface area contributed by atoms with Gasteiger partial charge in [0.25, 0.3) is 0 Å². The molecule has 1 aliphatic heterocycles. The Morgan fingerprint density at radius 2 is 1.67 bits per heavy atom. The third-order valence-corrected chi connectivity index (χ3v) is 5.18. The number of hydrogen-bond donors (Lipinski definition) is 2. The van der Waals surface area contributed by atoms with Crippen LogP contribution in [-0.2, 0) is 25.5 Å². The minimum absolute atomic E-state index is 0.140. The fourth-order valence-electron chi connectivity index (χ4n) is 3.41. The van der Waals surface area contributed by atoms with E-state index in [-0.39, 0.29) is 25.0 Å². The molecule has 33 heavy (non-hydrogen) atoms. The molecule has 1 saturated heterocycles. The van der Waals surface area contributed by atoms with Crippen molar-refractivity contribution in [2.45, 2.75) is 12.8 Å². The molecule has 2 N–H and O–H groups in total. The molecule has 8 heteroatoms. The Balaban J connectivity index is 1.23. The summed E-state index contributed by atoms with van der Waals surface area (Å²) in [5, 5.41) is 5.56. The number of carbonyl (C=O) groups is 2. The molecular formula is C25H33N3O5. The lowest BCUT2D eigenvalue weighted by molar-refractivity contribution is -0.128. The van der Waals surface area contributed by atoms with E-state index in [0.717, 1.165) is 51.4 Å². The van der Waals surface area contributed by atoms with E-state index in [1.165, 1.54) is 5.56 Å². The van der Waals surface area contributed by atoms with E-state index >= 15 is 0 Å². The van der Waals surface area contributed by atoms with Gasteiger partial charge in [-0.2, -0.15) is 0 Å². The van der Waals surface area contributed by atoms with E-state index in [1.807, 2.05) is 30.3 Å². The molecule has 0 bridgehead atoms. The number of rotatable bonds is 13. The molecule has 0 radical (unpaired) electrons. The van der Waals surface area contributed by atoms with Crippen LogP contribution in [0.3, 0.4) is 0 Å². The Hall–Kier alpha value is -2.94. The summed E-state index contributed by atoms with van der Waals surface area (Å²) in [7, 11) is 0. The third kappa shape index (κ3) is 10.0. The van der Waals surface area contributed by atoms with Crippen molar-refractivity contribution in [3.05, 3.63) is 60.2 Å². The molecule has 2 aromatic rings. The monoisotopic (exact) mass is 455 g/mol. The molecule has 178 valence electrons.